The van der Waals surface area contributed by atoms with Gasteiger partial charge in [-0.25, -0.2) is 14.4 Å². The number of hydrogen-bond acceptors (Lipinski definition) is 4. The van der Waals surface area contributed by atoms with Crippen molar-refractivity contribution in [2.75, 3.05) is 6.61 Å². The summed E-state index contributed by atoms with van der Waals surface area (Å²) in [7, 11) is 0. The largest absolute Gasteiger partial charge is 0.489 e. The molecule has 5 heteroatoms. The Bertz CT molecular complexity index is 720. The van der Waals surface area contributed by atoms with Crippen LogP contribution >= 0.6 is 0 Å². The highest BCUT2D eigenvalue weighted by molar-refractivity contribution is 5.64. The van der Waals surface area contributed by atoms with Crippen molar-refractivity contribution >= 4 is 6.29 Å². The topological polar surface area (TPSA) is 52.1 Å². The molecule has 0 bridgehead atoms. The number of aromatic nitrogens is 2. The van der Waals surface area contributed by atoms with E-state index < -0.39 is 5.41 Å². The van der Waals surface area contributed by atoms with Crippen molar-refractivity contribution in [2.45, 2.75) is 25.7 Å². The zero-order valence-corrected chi connectivity index (χ0v) is 12.5. The van der Waals surface area contributed by atoms with E-state index >= 15 is 0 Å². The first-order valence-electron chi connectivity index (χ1n) is 7.19. The minimum absolute atomic E-state index is 0.138. The van der Waals surface area contributed by atoms with E-state index in [0.717, 1.165) is 17.5 Å². The molecular weight excluding hydrogens is 283 g/mol. The minimum atomic E-state index is -0.443. The van der Waals surface area contributed by atoms with Crippen LogP contribution < -0.4 is 4.74 Å². The van der Waals surface area contributed by atoms with E-state index in [2.05, 4.69) is 9.97 Å². The molecule has 1 aromatic heterocycles. The highest BCUT2D eigenvalue weighted by Crippen LogP contribution is 2.53. The Morgan fingerprint density at radius 1 is 1.45 bits per heavy atom. The Balaban J connectivity index is 1.83. The number of carbonyl (C=O) groups is 1. The summed E-state index contributed by atoms with van der Waals surface area (Å²) in [6, 6.07) is 6.38. The second kappa shape index (κ2) is 5.48. The summed E-state index contributed by atoms with van der Waals surface area (Å²) in [5, 5.41) is 0. The first-order chi connectivity index (χ1) is 10.5. The highest BCUT2D eigenvalue weighted by Gasteiger charge is 2.56. The van der Waals surface area contributed by atoms with Gasteiger partial charge in [-0.3, -0.25) is 0 Å². The molecule has 2 atom stereocenters. The van der Waals surface area contributed by atoms with Crippen LogP contribution in [-0.4, -0.2) is 22.9 Å². The van der Waals surface area contributed by atoms with Gasteiger partial charge < -0.3 is 9.53 Å². The molecule has 2 aromatic rings. The molecule has 0 amide bonds. The summed E-state index contributed by atoms with van der Waals surface area (Å²) in [5.41, 5.74) is 1.11. The van der Waals surface area contributed by atoms with Gasteiger partial charge in [0.2, 0.25) is 0 Å². The number of nitrogens with zero attached hydrogens (tertiary/aromatic N) is 2. The normalized spacial score (nSPS) is 23.1. The molecular formula is C17H17FN2O2. The van der Waals surface area contributed by atoms with Crippen LogP contribution in [-0.2, 0) is 10.2 Å². The summed E-state index contributed by atoms with van der Waals surface area (Å²) in [6.45, 7) is 3.98. The lowest BCUT2D eigenvalue weighted by atomic mass is 9.94. The van der Waals surface area contributed by atoms with E-state index in [1.807, 2.05) is 19.9 Å². The molecule has 1 saturated carbocycles. The van der Waals surface area contributed by atoms with Gasteiger partial charge in [0.25, 0.3) is 0 Å². The molecule has 1 aliphatic carbocycles. The van der Waals surface area contributed by atoms with E-state index in [4.69, 9.17) is 4.74 Å². The maximum atomic E-state index is 13.5. The molecule has 0 saturated heterocycles. The predicted molar refractivity (Wildman–Crippen MR) is 79.3 cm³/mol. The number of aldehydes is 1. The fourth-order valence-corrected chi connectivity index (χ4v) is 2.81. The summed E-state index contributed by atoms with van der Waals surface area (Å²) in [6.07, 6.45) is 3.23. The Hall–Kier alpha value is -2.30. The smallest absolute Gasteiger partial charge is 0.158 e. The van der Waals surface area contributed by atoms with E-state index in [1.54, 1.807) is 12.3 Å². The number of benzene rings is 1. The van der Waals surface area contributed by atoms with Gasteiger partial charge in [-0.1, -0.05) is 12.1 Å². The molecule has 2 unspecified atom stereocenters. The van der Waals surface area contributed by atoms with Crippen molar-refractivity contribution in [2.24, 2.45) is 5.92 Å². The molecule has 1 heterocycles. The number of hydrogen-bond donors (Lipinski definition) is 0. The van der Waals surface area contributed by atoms with Crippen LogP contribution in [0, 0.1) is 25.6 Å². The second-order valence-corrected chi connectivity index (χ2v) is 5.77. The second-order valence-electron chi connectivity index (χ2n) is 5.77. The third kappa shape index (κ3) is 2.58. The van der Waals surface area contributed by atoms with Crippen molar-refractivity contribution < 1.29 is 13.9 Å². The lowest BCUT2D eigenvalue weighted by Crippen LogP contribution is -2.21. The molecule has 0 N–H and O–H groups in total. The molecule has 0 aliphatic heterocycles. The van der Waals surface area contributed by atoms with Crippen molar-refractivity contribution in [3.63, 3.8) is 0 Å². The third-order valence-corrected chi connectivity index (χ3v) is 4.24. The van der Waals surface area contributed by atoms with Crippen LogP contribution in [0.15, 0.2) is 30.5 Å². The SMILES string of the molecule is Cc1ncc(OCC2(c3cccc(F)c3)CC2C=O)c(C)n1. The Labute approximate surface area is 128 Å². The van der Waals surface area contributed by atoms with E-state index in [1.165, 1.54) is 12.1 Å². The molecule has 22 heavy (non-hydrogen) atoms. The van der Waals surface area contributed by atoms with Crippen molar-refractivity contribution in [3.8, 4) is 5.75 Å². The molecule has 1 fully saturated rings. The zero-order chi connectivity index (χ0) is 15.7. The van der Waals surface area contributed by atoms with Crippen LogP contribution in [0.2, 0.25) is 0 Å². The van der Waals surface area contributed by atoms with E-state index in [0.29, 0.717) is 24.6 Å². The van der Waals surface area contributed by atoms with E-state index in [9.17, 15) is 9.18 Å². The molecule has 0 spiro atoms. The van der Waals surface area contributed by atoms with Crippen molar-refractivity contribution in [3.05, 3.63) is 53.4 Å². The monoisotopic (exact) mass is 300 g/mol. The lowest BCUT2D eigenvalue weighted by Gasteiger charge is -2.18. The van der Waals surface area contributed by atoms with Gasteiger partial charge >= 0.3 is 0 Å². The van der Waals surface area contributed by atoms with Gasteiger partial charge in [-0.05, 0) is 38.0 Å². The van der Waals surface area contributed by atoms with Gasteiger partial charge in [-0.15, -0.1) is 0 Å². The maximum absolute atomic E-state index is 13.5. The summed E-state index contributed by atoms with van der Waals surface area (Å²) >= 11 is 0. The Kier molecular flexibility index (Phi) is 3.64. The molecule has 1 aromatic carbocycles. The summed E-state index contributed by atoms with van der Waals surface area (Å²) < 4.78 is 19.3. The average Bonchev–Trinajstić information content (AvgIpc) is 3.21. The fourth-order valence-electron chi connectivity index (χ4n) is 2.81. The first-order valence-corrected chi connectivity index (χ1v) is 7.19. The lowest BCUT2D eigenvalue weighted by molar-refractivity contribution is -0.109. The quantitative estimate of drug-likeness (QED) is 0.797. The van der Waals surface area contributed by atoms with Gasteiger partial charge in [0.15, 0.2) is 5.75 Å². The Morgan fingerprint density at radius 3 is 2.91 bits per heavy atom. The van der Waals surface area contributed by atoms with Crippen molar-refractivity contribution in [1.29, 1.82) is 0 Å². The third-order valence-electron chi connectivity index (χ3n) is 4.24. The van der Waals surface area contributed by atoms with Gasteiger partial charge in [0.1, 0.15) is 17.9 Å². The Morgan fingerprint density at radius 2 is 2.27 bits per heavy atom. The fraction of sp³-hybridized carbons (Fsp3) is 0.353. The number of carbonyl (C=O) groups excluding carboxylic acids is 1. The maximum Gasteiger partial charge on any atom is 0.158 e. The molecule has 0 radical (unpaired) electrons. The minimum Gasteiger partial charge on any atom is -0.489 e. The van der Waals surface area contributed by atoms with Crippen LogP contribution in [0.5, 0.6) is 5.75 Å². The number of aryl methyl sites for hydroxylation is 2. The number of ether oxygens (including phenoxy) is 1. The van der Waals surface area contributed by atoms with Crippen LogP contribution in [0.25, 0.3) is 0 Å². The molecule has 3 rings (SSSR count). The first kappa shape index (κ1) is 14.6. The number of halogens is 1. The summed E-state index contributed by atoms with van der Waals surface area (Å²) in [5.74, 6) is 0.837. The molecule has 114 valence electrons. The summed E-state index contributed by atoms with van der Waals surface area (Å²) in [4.78, 5) is 19.6. The zero-order valence-electron chi connectivity index (χ0n) is 12.5. The molecule has 4 nitrogen and oxygen atoms in total. The van der Waals surface area contributed by atoms with Gasteiger partial charge in [0.05, 0.1) is 18.5 Å². The van der Waals surface area contributed by atoms with Crippen LogP contribution in [0.1, 0.15) is 23.5 Å². The average molecular weight is 300 g/mol. The van der Waals surface area contributed by atoms with Gasteiger partial charge in [-0.2, -0.15) is 0 Å². The van der Waals surface area contributed by atoms with Crippen LogP contribution in [0.3, 0.4) is 0 Å². The standard InChI is InChI=1S/C17H17FN2O2/c1-11-16(8-19-12(2)20-11)22-10-17(7-14(17)9-21)13-4-3-5-15(18)6-13/h3-6,8-9,14H,7,10H2,1-2H3. The van der Waals surface area contributed by atoms with E-state index in [-0.39, 0.29) is 11.7 Å². The van der Waals surface area contributed by atoms with Crippen LogP contribution in [0.4, 0.5) is 4.39 Å². The predicted octanol–water partition coefficient (Wildman–Crippen LogP) is 2.77. The van der Waals surface area contributed by atoms with Gasteiger partial charge in [0, 0.05) is 11.3 Å². The molecule has 1 aliphatic rings. The van der Waals surface area contributed by atoms with Crippen molar-refractivity contribution in [1.82, 2.24) is 9.97 Å². The highest BCUT2D eigenvalue weighted by atomic mass is 19.1. The number of rotatable bonds is 5.